The molecule has 196 valence electrons. The monoisotopic (exact) mass is 533 g/mol. The molecule has 2 aliphatic rings. The molecule has 0 aliphatic carbocycles. The van der Waals surface area contributed by atoms with Crippen molar-refractivity contribution in [1.82, 2.24) is 23.9 Å². The third kappa shape index (κ3) is 5.70. The van der Waals surface area contributed by atoms with Crippen LogP contribution in [0.25, 0.3) is 0 Å². The molecule has 2 heterocycles. The van der Waals surface area contributed by atoms with Crippen molar-refractivity contribution in [2.75, 3.05) is 45.8 Å². The van der Waals surface area contributed by atoms with Crippen LogP contribution in [0, 0.1) is 0 Å². The number of carbonyl (C=O) groups is 1. The molecule has 2 aromatic carbocycles. The molecule has 2 fully saturated rings. The highest BCUT2D eigenvalue weighted by Gasteiger charge is 2.51. The van der Waals surface area contributed by atoms with E-state index in [1.165, 1.54) is 13.7 Å². The number of hydrogen-bond acceptors (Lipinski definition) is 4. The summed E-state index contributed by atoms with van der Waals surface area (Å²) in [4.78, 5) is 15.7. The minimum atomic E-state index is -3.94. The summed E-state index contributed by atoms with van der Waals surface area (Å²) >= 11 is 6.17. The van der Waals surface area contributed by atoms with E-state index < -0.39 is 22.3 Å². The van der Waals surface area contributed by atoms with Crippen molar-refractivity contribution in [3.63, 3.8) is 0 Å². The van der Waals surface area contributed by atoms with Gasteiger partial charge in [0, 0.05) is 43.7 Å². The lowest BCUT2D eigenvalue weighted by Crippen LogP contribution is -2.54. The van der Waals surface area contributed by atoms with Crippen LogP contribution in [0.5, 0.6) is 0 Å². The number of urea groups is 1. The SMILES string of the molecule is CCN(CC)CCNC(=O)N1CC(c2ccccc2)C(c2ccc(Cl)cc2)N1S(=O)(=O)N1CCCC1. The van der Waals surface area contributed by atoms with Gasteiger partial charge in [0.2, 0.25) is 0 Å². The van der Waals surface area contributed by atoms with Crippen molar-refractivity contribution >= 4 is 27.8 Å². The van der Waals surface area contributed by atoms with Gasteiger partial charge in [-0.2, -0.15) is 12.7 Å². The maximum absolute atomic E-state index is 14.0. The summed E-state index contributed by atoms with van der Waals surface area (Å²) in [5.41, 5.74) is 1.78. The maximum Gasteiger partial charge on any atom is 0.332 e. The number of amides is 2. The predicted molar refractivity (Wildman–Crippen MR) is 143 cm³/mol. The lowest BCUT2D eigenvalue weighted by molar-refractivity contribution is 0.106. The van der Waals surface area contributed by atoms with E-state index in [0.29, 0.717) is 31.2 Å². The van der Waals surface area contributed by atoms with Gasteiger partial charge >= 0.3 is 6.03 Å². The largest absolute Gasteiger partial charge is 0.336 e. The van der Waals surface area contributed by atoms with Crippen LogP contribution in [-0.4, -0.2) is 78.9 Å². The van der Waals surface area contributed by atoms with Gasteiger partial charge in [0.25, 0.3) is 10.2 Å². The Morgan fingerprint density at radius 2 is 1.64 bits per heavy atom. The number of hydrazine groups is 1. The van der Waals surface area contributed by atoms with Crippen molar-refractivity contribution < 1.29 is 13.2 Å². The number of nitrogens with one attached hydrogen (secondary N) is 1. The first-order chi connectivity index (χ1) is 17.4. The molecular formula is C26H36ClN5O3S. The maximum atomic E-state index is 14.0. The van der Waals surface area contributed by atoms with E-state index in [9.17, 15) is 13.2 Å². The molecule has 2 saturated heterocycles. The summed E-state index contributed by atoms with van der Waals surface area (Å²) in [6, 6.07) is 16.1. The van der Waals surface area contributed by atoms with Gasteiger partial charge in [-0.15, -0.1) is 0 Å². The Kier molecular flexibility index (Phi) is 8.90. The molecule has 10 heteroatoms. The number of carbonyl (C=O) groups excluding carboxylic acids is 1. The average Bonchev–Trinajstić information content (AvgIpc) is 3.57. The average molecular weight is 534 g/mol. The molecule has 0 radical (unpaired) electrons. The lowest BCUT2D eigenvalue weighted by Gasteiger charge is -2.34. The fourth-order valence-corrected chi connectivity index (χ4v) is 7.14. The fourth-order valence-electron chi connectivity index (χ4n) is 5.11. The zero-order valence-corrected chi connectivity index (χ0v) is 22.6. The van der Waals surface area contributed by atoms with Crippen LogP contribution in [-0.2, 0) is 10.2 Å². The summed E-state index contributed by atoms with van der Waals surface area (Å²) in [6.45, 7) is 8.25. The van der Waals surface area contributed by atoms with Gasteiger partial charge in [0.15, 0.2) is 0 Å². The molecule has 0 aromatic heterocycles. The van der Waals surface area contributed by atoms with Crippen LogP contribution < -0.4 is 5.32 Å². The van der Waals surface area contributed by atoms with E-state index in [1.54, 1.807) is 12.1 Å². The van der Waals surface area contributed by atoms with Gasteiger partial charge in [-0.05, 0) is 49.2 Å². The first kappa shape index (κ1) is 26.9. The Morgan fingerprint density at radius 1 is 1.00 bits per heavy atom. The quantitative estimate of drug-likeness (QED) is 0.527. The minimum absolute atomic E-state index is 0.238. The summed E-state index contributed by atoms with van der Waals surface area (Å²) in [7, 11) is -3.94. The fraction of sp³-hybridized carbons (Fsp3) is 0.500. The normalized spacial score (nSPS) is 21.4. The number of halogens is 1. The Balaban J connectivity index is 1.73. The van der Waals surface area contributed by atoms with Gasteiger partial charge < -0.3 is 10.2 Å². The van der Waals surface area contributed by atoms with Crippen LogP contribution >= 0.6 is 11.6 Å². The molecule has 2 amide bonds. The van der Waals surface area contributed by atoms with Crippen molar-refractivity contribution in [2.24, 2.45) is 0 Å². The molecule has 2 unspecified atom stereocenters. The highest BCUT2D eigenvalue weighted by Crippen LogP contribution is 2.45. The van der Waals surface area contributed by atoms with E-state index in [4.69, 9.17) is 11.6 Å². The molecule has 1 N–H and O–H groups in total. The summed E-state index contributed by atoms with van der Waals surface area (Å²) in [5, 5.41) is 4.94. The van der Waals surface area contributed by atoms with Crippen molar-refractivity contribution in [3.05, 3.63) is 70.7 Å². The molecule has 2 atom stereocenters. The zero-order chi connectivity index (χ0) is 25.7. The topological polar surface area (TPSA) is 76.2 Å². The second kappa shape index (κ2) is 11.9. The molecule has 0 spiro atoms. The van der Waals surface area contributed by atoms with E-state index in [2.05, 4.69) is 24.1 Å². The van der Waals surface area contributed by atoms with Crippen LogP contribution in [0.2, 0.25) is 5.02 Å². The van der Waals surface area contributed by atoms with Gasteiger partial charge in [-0.3, -0.25) is 0 Å². The van der Waals surface area contributed by atoms with Crippen molar-refractivity contribution in [3.8, 4) is 0 Å². The Bertz CT molecular complexity index is 1110. The smallest absolute Gasteiger partial charge is 0.332 e. The Morgan fingerprint density at radius 3 is 2.25 bits per heavy atom. The molecule has 8 nitrogen and oxygen atoms in total. The van der Waals surface area contributed by atoms with Gasteiger partial charge in [0.05, 0.1) is 6.04 Å². The van der Waals surface area contributed by atoms with Crippen LogP contribution in [0.3, 0.4) is 0 Å². The Labute approximate surface area is 220 Å². The summed E-state index contributed by atoms with van der Waals surface area (Å²) in [5.74, 6) is -0.238. The number of hydrogen-bond donors (Lipinski definition) is 1. The second-order valence-corrected chi connectivity index (χ2v) is 11.5. The third-order valence-corrected chi connectivity index (χ3v) is 9.29. The number of benzene rings is 2. The van der Waals surface area contributed by atoms with Crippen molar-refractivity contribution in [1.29, 1.82) is 0 Å². The van der Waals surface area contributed by atoms with Crippen molar-refractivity contribution in [2.45, 2.75) is 38.6 Å². The van der Waals surface area contributed by atoms with E-state index in [0.717, 1.165) is 37.1 Å². The molecule has 36 heavy (non-hydrogen) atoms. The van der Waals surface area contributed by atoms with Gasteiger partial charge in [-0.25, -0.2) is 9.80 Å². The summed E-state index contributed by atoms with van der Waals surface area (Å²) in [6.07, 6.45) is 1.63. The second-order valence-electron chi connectivity index (χ2n) is 9.24. The van der Waals surface area contributed by atoms with Gasteiger partial charge in [-0.1, -0.05) is 72.3 Å². The predicted octanol–water partition coefficient (Wildman–Crippen LogP) is 4.09. The lowest BCUT2D eigenvalue weighted by atomic mass is 9.89. The standard InChI is InChI=1S/C26H36ClN5O3S/c1-3-29(4-2)19-16-28-26(33)31-20-24(21-10-6-5-7-11-21)25(22-12-14-23(27)15-13-22)32(31)36(34,35)30-17-8-9-18-30/h5-7,10-15,24-25H,3-4,8-9,16-20H2,1-2H3,(H,28,33). The summed E-state index contributed by atoms with van der Waals surface area (Å²) < 4.78 is 30.9. The third-order valence-electron chi connectivity index (χ3n) is 7.13. The van der Waals surface area contributed by atoms with E-state index in [1.807, 2.05) is 42.5 Å². The highest BCUT2D eigenvalue weighted by molar-refractivity contribution is 7.86. The number of nitrogens with zero attached hydrogens (tertiary/aromatic N) is 4. The first-order valence-corrected chi connectivity index (χ1v) is 14.5. The minimum Gasteiger partial charge on any atom is -0.336 e. The van der Waals surface area contributed by atoms with Crippen LogP contribution in [0.4, 0.5) is 4.79 Å². The Hall–Kier alpha value is -2.17. The molecule has 0 saturated carbocycles. The first-order valence-electron chi connectivity index (χ1n) is 12.7. The number of likely N-dealkylation sites (N-methyl/N-ethyl adjacent to an activating group) is 1. The van der Waals surface area contributed by atoms with Gasteiger partial charge in [0.1, 0.15) is 0 Å². The van der Waals surface area contributed by atoms with E-state index in [-0.39, 0.29) is 12.5 Å². The molecule has 4 rings (SSSR count). The molecule has 2 aromatic rings. The molecular weight excluding hydrogens is 498 g/mol. The van der Waals surface area contributed by atoms with Crippen LogP contribution in [0.15, 0.2) is 54.6 Å². The van der Waals surface area contributed by atoms with E-state index >= 15 is 0 Å². The molecule has 2 aliphatic heterocycles. The van der Waals surface area contributed by atoms with Crippen LogP contribution in [0.1, 0.15) is 49.8 Å². The highest BCUT2D eigenvalue weighted by atomic mass is 35.5. The molecule has 0 bridgehead atoms. The zero-order valence-electron chi connectivity index (χ0n) is 21.0. The number of rotatable bonds is 9.